The van der Waals surface area contributed by atoms with E-state index in [9.17, 15) is 0 Å². The van der Waals surface area contributed by atoms with Crippen LogP contribution in [-0.4, -0.2) is 30.6 Å². The number of nitrogens with zero attached hydrogens (tertiary/aromatic N) is 2. The van der Waals surface area contributed by atoms with Crippen molar-refractivity contribution in [3.63, 3.8) is 0 Å². The lowest BCUT2D eigenvalue weighted by molar-refractivity contribution is 0.105. The van der Waals surface area contributed by atoms with E-state index in [1.165, 1.54) is 0 Å². The highest BCUT2D eigenvalue weighted by molar-refractivity contribution is 7.09. The van der Waals surface area contributed by atoms with Crippen LogP contribution < -0.4 is 10.6 Å². The molecule has 0 saturated carbocycles. The first-order valence-corrected chi connectivity index (χ1v) is 9.63. The van der Waals surface area contributed by atoms with Gasteiger partial charge in [0.2, 0.25) is 0 Å². The quantitative estimate of drug-likeness (QED) is 0.383. The number of hydrogen-bond donors (Lipinski definition) is 2. The highest BCUT2D eigenvalue weighted by Crippen LogP contribution is 2.19. The van der Waals surface area contributed by atoms with E-state index >= 15 is 0 Å². The average Bonchev–Trinajstić information content (AvgIpc) is 3.27. The maximum atomic E-state index is 5.57. The number of thiazole rings is 1. The van der Waals surface area contributed by atoms with Crippen LogP contribution in [0.1, 0.15) is 49.6 Å². The zero-order valence-electron chi connectivity index (χ0n) is 15.2. The van der Waals surface area contributed by atoms with Gasteiger partial charge in [0.1, 0.15) is 12.4 Å². The summed E-state index contributed by atoms with van der Waals surface area (Å²) in [4.78, 5) is 9.21. The molecule has 2 rings (SSSR count). The van der Waals surface area contributed by atoms with Gasteiger partial charge in [-0.2, -0.15) is 0 Å². The first kappa shape index (κ1) is 19.5. The standard InChI is InChI=1S/C18H28N4O2S/c1-4-19-18(21-11-15-13-25-17(22-15)14(2)3)20-8-6-9-23-12-16-7-5-10-24-16/h5,7,10,13-14H,4,6,8-9,11-12H2,1-3H3,(H2,19,20,21). The lowest BCUT2D eigenvalue weighted by Crippen LogP contribution is -2.38. The fourth-order valence-electron chi connectivity index (χ4n) is 2.11. The number of guanidine groups is 1. The van der Waals surface area contributed by atoms with Crippen molar-refractivity contribution in [3.8, 4) is 0 Å². The highest BCUT2D eigenvalue weighted by atomic mass is 32.1. The largest absolute Gasteiger partial charge is 0.467 e. The molecule has 0 atom stereocenters. The van der Waals surface area contributed by atoms with E-state index in [1.807, 2.05) is 12.1 Å². The third kappa shape index (κ3) is 7.27. The molecule has 0 aromatic carbocycles. The van der Waals surface area contributed by atoms with Crippen LogP contribution in [0.25, 0.3) is 0 Å². The second kappa shape index (κ2) is 10.9. The minimum atomic E-state index is 0.468. The number of aliphatic imine (C=N–C) groups is 1. The predicted molar refractivity (Wildman–Crippen MR) is 102 cm³/mol. The predicted octanol–water partition coefficient (Wildman–Crippen LogP) is 3.52. The fraction of sp³-hybridized carbons (Fsp3) is 0.556. The zero-order chi connectivity index (χ0) is 17.9. The number of hydrogen-bond acceptors (Lipinski definition) is 5. The summed E-state index contributed by atoms with van der Waals surface area (Å²) in [7, 11) is 0. The van der Waals surface area contributed by atoms with E-state index in [0.29, 0.717) is 25.7 Å². The van der Waals surface area contributed by atoms with Crippen LogP contribution in [0.2, 0.25) is 0 Å². The summed E-state index contributed by atoms with van der Waals surface area (Å²) >= 11 is 1.70. The molecule has 0 amide bonds. The molecule has 0 aliphatic carbocycles. The number of rotatable bonds is 10. The molecule has 0 aliphatic heterocycles. The van der Waals surface area contributed by atoms with Gasteiger partial charge >= 0.3 is 0 Å². The van der Waals surface area contributed by atoms with Gasteiger partial charge in [0.05, 0.1) is 23.5 Å². The Morgan fingerprint density at radius 1 is 1.40 bits per heavy atom. The summed E-state index contributed by atoms with van der Waals surface area (Å²) in [5.41, 5.74) is 1.02. The van der Waals surface area contributed by atoms with Crippen molar-refractivity contribution in [1.82, 2.24) is 15.6 Å². The van der Waals surface area contributed by atoms with Crippen LogP contribution in [-0.2, 0) is 17.9 Å². The molecule has 0 bridgehead atoms. The van der Waals surface area contributed by atoms with Crippen LogP contribution in [0.4, 0.5) is 0 Å². The molecule has 0 saturated heterocycles. The summed E-state index contributed by atoms with van der Waals surface area (Å²) in [5, 5.41) is 9.83. The second-order valence-electron chi connectivity index (χ2n) is 5.94. The topological polar surface area (TPSA) is 71.7 Å². The normalized spacial score (nSPS) is 11.9. The second-order valence-corrected chi connectivity index (χ2v) is 6.83. The Morgan fingerprint density at radius 2 is 2.28 bits per heavy atom. The molecule has 2 N–H and O–H groups in total. The molecular weight excluding hydrogens is 336 g/mol. The first-order valence-electron chi connectivity index (χ1n) is 8.75. The lowest BCUT2D eigenvalue weighted by atomic mass is 10.2. The van der Waals surface area contributed by atoms with E-state index in [-0.39, 0.29) is 0 Å². The minimum Gasteiger partial charge on any atom is -0.467 e. The van der Waals surface area contributed by atoms with Crippen LogP contribution >= 0.6 is 11.3 Å². The summed E-state index contributed by atoms with van der Waals surface area (Å²) in [6.07, 6.45) is 2.56. The van der Waals surface area contributed by atoms with Gasteiger partial charge in [-0.25, -0.2) is 9.98 Å². The van der Waals surface area contributed by atoms with Crippen molar-refractivity contribution >= 4 is 17.3 Å². The highest BCUT2D eigenvalue weighted by Gasteiger charge is 2.05. The molecule has 0 radical (unpaired) electrons. The Bertz CT molecular complexity index is 623. The molecule has 6 nitrogen and oxygen atoms in total. The van der Waals surface area contributed by atoms with Crippen molar-refractivity contribution in [2.45, 2.75) is 46.3 Å². The molecule has 25 heavy (non-hydrogen) atoms. The smallest absolute Gasteiger partial charge is 0.191 e. The lowest BCUT2D eigenvalue weighted by Gasteiger charge is -2.11. The Hall–Kier alpha value is -1.86. The summed E-state index contributed by atoms with van der Waals surface area (Å²) in [5.74, 6) is 2.13. The Kier molecular flexibility index (Phi) is 8.48. The van der Waals surface area contributed by atoms with Gasteiger partial charge in [-0.3, -0.25) is 0 Å². The van der Waals surface area contributed by atoms with Gasteiger partial charge in [0.15, 0.2) is 5.96 Å². The number of ether oxygens (including phenoxy) is 1. The molecular formula is C18H28N4O2S. The van der Waals surface area contributed by atoms with Crippen molar-refractivity contribution in [3.05, 3.63) is 40.2 Å². The SMILES string of the molecule is CCNC(=NCc1csc(C(C)C)n1)NCCCOCc1ccco1. The third-order valence-electron chi connectivity index (χ3n) is 3.39. The van der Waals surface area contributed by atoms with E-state index in [2.05, 4.69) is 46.8 Å². The molecule has 0 fully saturated rings. The van der Waals surface area contributed by atoms with Gasteiger partial charge in [-0.1, -0.05) is 13.8 Å². The van der Waals surface area contributed by atoms with Gasteiger partial charge < -0.3 is 19.8 Å². The third-order valence-corrected chi connectivity index (χ3v) is 4.58. The number of aromatic nitrogens is 1. The summed E-state index contributed by atoms with van der Waals surface area (Å²) < 4.78 is 10.8. The summed E-state index contributed by atoms with van der Waals surface area (Å²) in [6.45, 7) is 9.79. The average molecular weight is 365 g/mol. The minimum absolute atomic E-state index is 0.468. The molecule has 2 aromatic heterocycles. The Labute approximate surface area is 153 Å². The van der Waals surface area contributed by atoms with Gasteiger partial charge in [-0.05, 0) is 25.5 Å². The Balaban J connectivity index is 1.67. The van der Waals surface area contributed by atoms with E-state index in [1.54, 1.807) is 17.6 Å². The molecule has 2 heterocycles. The van der Waals surface area contributed by atoms with Crippen LogP contribution in [0.5, 0.6) is 0 Å². The van der Waals surface area contributed by atoms with Crippen molar-refractivity contribution < 1.29 is 9.15 Å². The van der Waals surface area contributed by atoms with Crippen LogP contribution in [0, 0.1) is 0 Å². The summed E-state index contributed by atoms with van der Waals surface area (Å²) in [6, 6.07) is 3.78. The van der Waals surface area contributed by atoms with Crippen molar-refractivity contribution in [2.75, 3.05) is 19.7 Å². The van der Waals surface area contributed by atoms with Gasteiger partial charge in [-0.15, -0.1) is 11.3 Å². The van der Waals surface area contributed by atoms with Crippen LogP contribution in [0.3, 0.4) is 0 Å². The van der Waals surface area contributed by atoms with Crippen molar-refractivity contribution in [2.24, 2.45) is 4.99 Å². The molecule has 0 unspecified atom stereocenters. The molecule has 138 valence electrons. The number of nitrogens with one attached hydrogen (secondary N) is 2. The van der Waals surface area contributed by atoms with Gasteiger partial charge in [0, 0.05) is 31.0 Å². The Morgan fingerprint density at radius 3 is 2.96 bits per heavy atom. The van der Waals surface area contributed by atoms with Gasteiger partial charge in [0.25, 0.3) is 0 Å². The fourth-order valence-corrected chi connectivity index (χ4v) is 2.94. The van der Waals surface area contributed by atoms with E-state index in [0.717, 1.165) is 41.9 Å². The molecule has 0 aliphatic rings. The molecule has 7 heteroatoms. The monoisotopic (exact) mass is 364 g/mol. The van der Waals surface area contributed by atoms with Crippen molar-refractivity contribution in [1.29, 1.82) is 0 Å². The molecule has 2 aromatic rings. The zero-order valence-corrected chi connectivity index (χ0v) is 16.1. The van der Waals surface area contributed by atoms with E-state index < -0.39 is 0 Å². The maximum Gasteiger partial charge on any atom is 0.191 e. The molecule has 0 spiro atoms. The maximum absolute atomic E-state index is 5.57. The number of furan rings is 1. The van der Waals surface area contributed by atoms with Crippen LogP contribution in [0.15, 0.2) is 33.2 Å². The first-order chi connectivity index (χ1) is 12.2. The van der Waals surface area contributed by atoms with E-state index in [4.69, 9.17) is 9.15 Å².